The molecule has 0 unspecified atom stereocenters. The summed E-state index contributed by atoms with van der Waals surface area (Å²) >= 11 is 0. The van der Waals surface area contributed by atoms with Crippen molar-refractivity contribution in [3.05, 3.63) is 83.2 Å². The number of carbonyl (C=O) groups is 3. The lowest BCUT2D eigenvalue weighted by atomic mass is 10.1. The molecular weight excluding hydrogens is 410 g/mol. The van der Waals surface area contributed by atoms with E-state index in [0.29, 0.717) is 11.4 Å². The average molecular weight is 431 g/mol. The summed E-state index contributed by atoms with van der Waals surface area (Å²) in [5, 5.41) is 9.97. The standard InChI is InChI=1S/C24H21N3O5/c1-15-12-17(13-21-23(30)25-27(24(21)31)19-6-4-3-5-7-19)16(2)26(15)18-8-10-20(11-9-18)32-14-22(28)29/h3-13H,14H2,1-2H3,(H,25,30)(H,28,29). The Hall–Kier alpha value is -4.33. The number of rotatable bonds is 6. The SMILES string of the molecule is Cc1cc(C=C2C(=O)NN(c3ccccc3)C2=O)c(C)n1-c1ccc(OCC(=O)O)cc1. The van der Waals surface area contributed by atoms with Gasteiger partial charge in [0.2, 0.25) is 0 Å². The van der Waals surface area contributed by atoms with Crippen molar-refractivity contribution in [3.63, 3.8) is 0 Å². The first kappa shape index (κ1) is 20.9. The van der Waals surface area contributed by atoms with Crippen LogP contribution in [0.4, 0.5) is 5.69 Å². The molecule has 8 heteroatoms. The number of carboxylic acid groups (broad SMARTS) is 1. The van der Waals surface area contributed by atoms with Crippen molar-refractivity contribution in [3.8, 4) is 11.4 Å². The minimum atomic E-state index is -1.04. The van der Waals surface area contributed by atoms with Crippen molar-refractivity contribution in [2.45, 2.75) is 13.8 Å². The zero-order chi connectivity index (χ0) is 22.8. The molecule has 0 atom stereocenters. The molecule has 0 bridgehead atoms. The largest absolute Gasteiger partial charge is 0.482 e. The van der Waals surface area contributed by atoms with E-state index >= 15 is 0 Å². The molecule has 1 aliphatic rings. The third-order valence-corrected chi connectivity index (χ3v) is 5.13. The van der Waals surface area contributed by atoms with Gasteiger partial charge in [-0.2, -0.15) is 0 Å². The monoisotopic (exact) mass is 431 g/mol. The van der Waals surface area contributed by atoms with E-state index in [1.54, 1.807) is 42.5 Å². The predicted molar refractivity (Wildman–Crippen MR) is 118 cm³/mol. The molecule has 2 amide bonds. The van der Waals surface area contributed by atoms with Crippen LogP contribution in [0, 0.1) is 13.8 Å². The van der Waals surface area contributed by atoms with E-state index in [0.717, 1.165) is 22.6 Å². The minimum Gasteiger partial charge on any atom is -0.482 e. The lowest BCUT2D eigenvalue weighted by Gasteiger charge is -2.13. The second kappa shape index (κ2) is 8.43. The number of ether oxygens (including phenoxy) is 1. The molecule has 1 aromatic heterocycles. The summed E-state index contributed by atoms with van der Waals surface area (Å²) in [4.78, 5) is 36.0. The van der Waals surface area contributed by atoms with Gasteiger partial charge in [-0.25, -0.2) is 9.80 Å². The lowest BCUT2D eigenvalue weighted by Crippen LogP contribution is -2.35. The summed E-state index contributed by atoms with van der Waals surface area (Å²) in [6, 6.07) is 17.8. The average Bonchev–Trinajstić information content (AvgIpc) is 3.23. The van der Waals surface area contributed by atoms with E-state index in [2.05, 4.69) is 5.43 Å². The minimum absolute atomic E-state index is 0.0616. The zero-order valence-corrected chi connectivity index (χ0v) is 17.5. The van der Waals surface area contributed by atoms with Crippen LogP contribution in [0.5, 0.6) is 5.75 Å². The van der Waals surface area contributed by atoms with Gasteiger partial charge >= 0.3 is 5.97 Å². The summed E-state index contributed by atoms with van der Waals surface area (Å²) in [7, 11) is 0. The molecule has 0 spiro atoms. The van der Waals surface area contributed by atoms with Crippen LogP contribution < -0.4 is 15.2 Å². The first-order valence-electron chi connectivity index (χ1n) is 9.91. The van der Waals surface area contributed by atoms with Gasteiger partial charge in [-0.1, -0.05) is 18.2 Å². The molecule has 0 saturated carbocycles. The van der Waals surface area contributed by atoms with Crippen LogP contribution in [0.2, 0.25) is 0 Å². The van der Waals surface area contributed by atoms with E-state index in [9.17, 15) is 14.4 Å². The Morgan fingerprint density at radius 1 is 1.03 bits per heavy atom. The van der Waals surface area contributed by atoms with E-state index in [1.807, 2.05) is 42.7 Å². The number of aryl methyl sites for hydroxylation is 1. The van der Waals surface area contributed by atoms with Gasteiger partial charge < -0.3 is 14.4 Å². The van der Waals surface area contributed by atoms with Crippen LogP contribution in [0.15, 0.2) is 66.2 Å². The Kier molecular flexibility index (Phi) is 5.51. The zero-order valence-electron chi connectivity index (χ0n) is 17.5. The molecule has 0 radical (unpaired) electrons. The van der Waals surface area contributed by atoms with Crippen LogP contribution in [-0.4, -0.2) is 34.1 Å². The highest BCUT2D eigenvalue weighted by Gasteiger charge is 2.34. The molecule has 1 saturated heterocycles. The molecule has 4 rings (SSSR count). The van der Waals surface area contributed by atoms with E-state index in [-0.39, 0.29) is 5.57 Å². The maximum absolute atomic E-state index is 12.9. The molecule has 32 heavy (non-hydrogen) atoms. The number of nitrogens with one attached hydrogen (secondary N) is 1. The smallest absolute Gasteiger partial charge is 0.341 e. The number of benzene rings is 2. The fourth-order valence-electron chi connectivity index (χ4n) is 3.64. The van der Waals surface area contributed by atoms with Crippen molar-refractivity contribution >= 4 is 29.5 Å². The van der Waals surface area contributed by atoms with Crippen molar-refractivity contribution in [2.75, 3.05) is 11.6 Å². The second-order valence-corrected chi connectivity index (χ2v) is 7.31. The third kappa shape index (κ3) is 3.98. The number of nitrogens with zero attached hydrogens (tertiary/aromatic N) is 2. The number of para-hydroxylation sites is 1. The number of hydrazine groups is 1. The second-order valence-electron chi connectivity index (χ2n) is 7.31. The maximum atomic E-state index is 12.9. The molecule has 2 aromatic carbocycles. The van der Waals surface area contributed by atoms with Gasteiger partial charge in [-0.05, 0) is 68.0 Å². The highest BCUT2D eigenvalue weighted by molar-refractivity contribution is 6.31. The van der Waals surface area contributed by atoms with Crippen molar-refractivity contribution in [1.29, 1.82) is 0 Å². The Balaban J connectivity index is 1.62. The number of aliphatic carboxylic acids is 1. The van der Waals surface area contributed by atoms with Gasteiger partial charge in [0.25, 0.3) is 11.8 Å². The summed E-state index contributed by atoms with van der Waals surface area (Å²) in [6.45, 7) is 3.42. The molecule has 2 heterocycles. The first-order chi connectivity index (χ1) is 15.3. The first-order valence-corrected chi connectivity index (χ1v) is 9.91. The molecule has 2 N–H and O–H groups in total. The lowest BCUT2D eigenvalue weighted by molar-refractivity contribution is -0.139. The molecule has 8 nitrogen and oxygen atoms in total. The molecule has 0 aliphatic carbocycles. The third-order valence-electron chi connectivity index (χ3n) is 5.13. The number of carboxylic acids is 1. The fourth-order valence-corrected chi connectivity index (χ4v) is 3.64. The van der Waals surface area contributed by atoms with E-state index in [1.165, 1.54) is 5.01 Å². The van der Waals surface area contributed by atoms with Crippen LogP contribution in [-0.2, 0) is 14.4 Å². The molecule has 1 aliphatic heterocycles. The number of hydrogen-bond acceptors (Lipinski definition) is 4. The highest BCUT2D eigenvalue weighted by atomic mass is 16.5. The number of anilines is 1. The fraction of sp³-hybridized carbons (Fsp3) is 0.125. The van der Waals surface area contributed by atoms with Crippen molar-refractivity contribution in [1.82, 2.24) is 9.99 Å². The molecule has 1 fully saturated rings. The van der Waals surface area contributed by atoms with Crippen molar-refractivity contribution < 1.29 is 24.2 Å². The van der Waals surface area contributed by atoms with Gasteiger partial charge in [-0.15, -0.1) is 0 Å². The van der Waals surface area contributed by atoms with E-state index < -0.39 is 24.4 Å². The van der Waals surface area contributed by atoms with Crippen LogP contribution in [0.25, 0.3) is 11.8 Å². The van der Waals surface area contributed by atoms with Gasteiger partial charge in [0.05, 0.1) is 5.69 Å². The van der Waals surface area contributed by atoms with Crippen molar-refractivity contribution in [2.24, 2.45) is 0 Å². The number of amides is 2. The van der Waals surface area contributed by atoms with Crippen LogP contribution >= 0.6 is 0 Å². The Morgan fingerprint density at radius 3 is 2.38 bits per heavy atom. The molecule has 3 aromatic rings. The predicted octanol–water partition coefficient (Wildman–Crippen LogP) is 3.02. The Morgan fingerprint density at radius 2 is 1.72 bits per heavy atom. The Labute approximate surface area is 184 Å². The highest BCUT2D eigenvalue weighted by Crippen LogP contribution is 2.26. The summed E-state index contributed by atoms with van der Waals surface area (Å²) in [5.41, 5.74) is 6.62. The molecular formula is C24H21N3O5. The van der Waals surface area contributed by atoms with E-state index in [4.69, 9.17) is 9.84 Å². The van der Waals surface area contributed by atoms with Gasteiger partial charge in [0.1, 0.15) is 11.3 Å². The van der Waals surface area contributed by atoms with Crippen LogP contribution in [0.3, 0.4) is 0 Å². The summed E-state index contributed by atoms with van der Waals surface area (Å²) < 4.78 is 7.16. The molecule has 162 valence electrons. The summed E-state index contributed by atoms with van der Waals surface area (Å²) in [6.07, 6.45) is 1.60. The Bertz CT molecular complexity index is 1230. The topological polar surface area (TPSA) is 101 Å². The number of carbonyl (C=O) groups excluding carboxylic acids is 2. The maximum Gasteiger partial charge on any atom is 0.341 e. The normalized spacial score (nSPS) is 14.7. The number of aromatic nitrogens is 1. The van der Waals surface area contributed by atoms with Crippen LogP contribution in [0.1, 0.15) is 17.0 Å². The quantitative estimate of drug-likeness (QED) is 0.462. The summed E-state index contributed by atoms with van der Waals surface area (Å²) in [5.74, 6) is -1.45. The van der Waals surface area contributed by atoms with Gasteiger partial charge in [0.15, 0.2) is 6.61 Å². The number of hydrogen-bond donors (Lipinski definition) is 2. The van der Waals surface area contributed by atoms with Gasteiger partial charge in [0, 0.05) is 17.1 Å². The van der Waals surface area contributed by atoms with Gasteiger partial charge in [-0.3, -0.25) is 15.0 Å².